The standard InChI is InChI=1S/C17H17NO3/c1-20-15-11-7-6-10-14(15)12-18-16(17(19)21-2)13-8-4-3-5-9-13/h3-12,16H,1-2H3. The van der Waals surface area contributed by atoms with Crippen LogP contribution in [0.2, 0.25) is 0 Å². The van der Waals surface area contributed by atoms with E-state index in [-0.39, 0.29) is 0 Å². The van der Waals surface area contributed by atoms with Gasteiger partial charge in [-0.3, -0.25) is 4.99 Å². The second-order valence-corrected chi connectivity index (χ2v) is 4.36. The van der Waals surface area contributed by atoms with Gasteiger partial charge in [-0.05, 0) is 17.7 Å². The average Bonchev–Trinajstić information content (AvgIpc) is 2.56. The van der Waals surface area contributed by atoms with E-state index in [1.807, 2.05) is 54.6 Å². The normalized spacial score (nSPS) is 12.1. The average molecular weight is 283 g/mol. The maximum atomic E-state index is 11.9. The molecule has 0 radical (unpaired) electrons. The van der Waals surface area contributed by atoms with Gasteiger partial charge in [-0.25, -0.2) is 4.79 Å². The second kappa shape index (κ2) is 7.24. The molecule has 1 atom stereocenters. The minimum atomic E-state index is -0.680. The highest BCUT2D eigenvalue weighted by Crippen LogP contribution is 2.20. The molecular formula is C17H17NO3. The number of rotatable bonds is 5. The molecule has 0 saturated carbocycles. The lowest BCUT2D eigenvalue weighted by Crippen LogP contribution is -2.12. The summed E-state index contributed by atoms with van der Waals surface area (Å²) in [7, 11) is 2.96. The zero-order chi connectivity index (χ0) is 15.1. The summed E-state index contributed by atoms with van der Waals surface area (Å²) in [5.41, 5.74) is 1.60. The Morgan fingerprint density at radius 3 is 2.38 bits per heavy atom. The molecule has 108 valence electrons. The van der Waals surface area contributed by atoms with Crippen molar-refractivity contribution in [2.45, 2.75) is 6.04 Å². The smallest absolute Gasteiger partial charge is 0.335 e. The van der Waals surface area contributed by atoms with Crippen molar-refractivity contribution in [1.82, 2.24) is 0 Å². The predicted molar refractivity (Wildman–Crippen MR) is 81.8 cm³/mol. The van der Waals surface area contributed by atoms with Crippen molar-refractivity contribution in [3.8, 4) is 5.75 Å². The largest absolute Gasteiger partial charge is 0.496 e. The van der Waals surface area contributed by atoms with Crippen LogP contribution in [-0.4, -0.2) is 26.4 Å². The molecule has 21 heavy (non-hydrogen) atoms. The Balaban J connectivity index is 2.31. The highest BCUT2D eigenvalue weighted by Gasteiger charge is 2.19. The minimum absolute atomic E-state index is 0.396. The molecule has 0 N–H and O–H groups in total. The highest BCUT2D eigenvalue weighted by atomic mass is 16.5. The molecular weight excluding hydrogens is 266 g/mol. The van der Waals surface area contributed by atoms with Gasteiger partial charge < -0.3 is 9.47 Å². The van der Waals surface area contributed by atoms with Crippen molar-refractivity contribution in [2.75, 3.05) is 14.2 Å². The molecule has 2 aromatic rings. The summed E-state index contributed by atoms with van der Waals surface area (Å²) in [6.07, 6.45) is 1.63. The predicted octanol–water partition coefficient (Wildman–Crippen LogP) is 3.03. The van der Waals surface area contributed by atoms with Crippen molar-refractivity contribution in [3.63, 3.8) is 0 Å². The van der Waals surface area contributed by atoms with Gasteiger partial charge in [0, 0.05) is 11.8 Å². The summed E-state index contributed by atoms with van der Waals surface area (Å²) in [6.45, 7) is 0. The van der Waals surface area contributed by atoms with Crippen LogP contribution in [0.4, 0.5) is 0 Å². The molecule has 0 aliphatic carbocycles. The van der Waals surface area contributed by atoms with Crippen LogP contribution in [0, 0.1) is 0 Å². The Hall–Kier alpha value is -2.62. The summed E-state index contributed by atoms with van der Waals surface area (Å²) in [5.74, 6) is 0.310. The Kier molecular flexibility index (Phi) is 5.10. The van der Waals surface area contributed by atoms with E-state index in [1.165, 1.54) is 7.11 Å². The van der Waals surface area contributed by atoms with Crippen LogP contribution in [0.5, 0.6) is 5.75 Å². The quantitative estimate of drug-likeness (QED) is 0.626. The monoisotopic (exact) mass is 283 g/mol. The molecule has 0 heterocycles. The number of esters is 1. The molecule has 0 aliphatic rings. The molecule has 0 fully saturated rings. The van der Waals surface area contributed by atoms with Crippen LogP contribution in [-0.2, 0) is 9.53 Å². The molecule has 4 heteroatoms. The van der Waals surface area contributed by atoms with Crippen molar-refractivity contribution in [2.24, 2.45) is 4.99 Å². The number of methoxy groups -OCH3 is 2. The first-order valence-electron chi connectivity index (χ1n) is 6.55. The van der Waals surface area contributed by atoms with Crippen molar-refractivity contribution >= 4 is 12.2 Å². The minimum Gasteiger partial charge on any atom is -0.496 e. The van der Waals surface area contributed by atoms with Crippen LogP contribution in [0.1, 0.15) is 17.2 Å². The van der Waals surface area contributed by atoms with Gasteiger partial charge in [0.15, 0.2) is 6.04 Å². The molecule has 1 unspecified atom stereocenters. The van der Waals surface area contributed by atoms with Gasteiger partial charge in [0.05, 0.1) is 14.2 Å². The SMILES string of the molecule is COC(=O)C(N=Cc1ccccc1OC)c1ccccc1. The van der Waals surface area contributed by atoms with E-state index >= 15 is 0 Å². The van der Waals surface area contributed by atoms with Crippen molar-refractivity contribution in [3.05, 3.63) is 65.7 Å². The zero-order valence-corrected chi connectivity index (χ0v) is 12.0. The number of benzene rings is 2. The van der Waals surface area contributed by atoms with Crippen LogP contribution in [0.15, 0.2) is 59.6 Å². The number of hydrogen-bond acceptors (Lipinski definition) is 4. The third-order valence-electron chi connectivity index (χ3n) is 3.04. The third-order valence-corrected chi connectivity index (χ3v) is 3.04. The van der Waals surface area contributed by atoms with Crippen molar-refractivity contribution < 1.29 is 14.3 Å². The number of hydrogen-bond donors (Lipinski definition) is 0. The summed E-state index contributed by atoms with van der Waals surface area (Å²) < 4.78 is 10.1. The topological polar surface area (TPSA) is 47.9 Å². The maximum Gasteiger partial charge on any atom is 0.335 e. The molecule has 0 bridgehead atoms. The summed E-state index contributed by atoms with van der Waals surface area (Å²) in [5, 5.41) is 0. The Morgan fingerprint density at radius 1 is 1.05 bits per heavy atom. The zero-order valence-electron chi connectivity index (χ0n) is 12.0. The molecule has 2 aromatic carbocycles. The first-order valence-corrected chi connectivity index (χ1v) is 6.55. The number of ether oxygens (including phenoxy) is 2. The van der Waals surface area contributed by atoms with E-state index < -0.39 is 12.0 Å². The van der Waals surface area contributed by atoms with Crippen molar-refractivity contribution in [1.29, 1.82) is 0 Å². The van der Waals surface area contributed by atoms with Gasteiger partial charge in [0.25, 0.3) is 0 Å². The van der Waals surface area contributed by atoms with Crippen LogP contribution in [0.3, 0.4) is 0 Å². The maximum absolute atomic E-state index is 11.9. The molecule has 0 amide bonds. The summed E-state index contributed by atoms with van der Waals surface area (Å²) >= 11 is 0. The fourth-order valence-electron chi connectivity index (χ4n) is 1.96. The van der Waals surface area contributed by atoms with E-state index in [4.69, 9.17) is 9.47 Å². The van der Waals surface area contributed by atoms with Gasteiger partial charge in [0.1, 0.15) is 5.75 Å². The number of nitrogens with zero attached hydrogens (tertiary/aromatic N) is 1. The Morgan fingerprint density at radius 2 is 1.71 bits per heavy atom. The highest BCUT2D eigenvalue weighted by molar-refractivity contribution is 5.87. The molecule has 0 aliphatic heterocycles. The van der Waals surface area contributed by atoms with Crippen LogP contribution in [0.25, 0.3) is 0 Å². The lowest BCUT2D eigenvalue weighted by Gasteiger charge is -2.10. The van der Waals surface area contributed by atoms with Crippen LogP contribution >= 0.6 is 0 Å². The van der Waals surface area contributed by atoms with E-state index in [2.05, 4.69) is 4.99 Å². The van der Waals surface area contributed by atoms with E-state index in [9.17, 15) is 4.79 Å². The molecule has 0 spiro atoms. The first-order chi connectivity index (χ1) is 10.3. The van der Waals surface area contributed by atoms with Crippen LogP contribution < -0.4 is 4.74 Å². The van der Waals surface area contributed by atoms with Gasteiger partial charge in [0.2, 0.25) is 0 Å². The van der Waals surface area contributed by atoms with Gasteiger partial charge in [-0.1, -0.05) is 42.5 Å². The number of aliphatic imine (C=N–C) groups is 1. The Bertz CT molecular complexity index is 623. The second-order valence-electron chi connectivity index (χ2n) is 4.36. The van der Waals surface area contributed by atoms with Gasteiger partial charge >= 0.3 is 5.97 Å². The fourth-order valence-corrected chi connectivity index (χ4v) is 1.96. The third kappa shape index (κ3) is 3.69. The van der Waals surface area contributed by atoms with E-state index in [0.717, 1.165) is 11.1 Å². The summed E-state index contributed by atoms with van der Waals surface area (Å²) in [6, 6.07) is 16.1. The number of para-hydroxylation sites is 1. The van der Waals surface area contributed by atoms with Gasteiger partial charge in [-0.2, -0.15) is 0 Å². The molecule has 4 nitrogen and oxygen atoms in total. The first kappa shape index (κ1) is 14.8. The fraction of sp³-hybridized carbons (Fsp3) is 0.176. The number of carbonyl (C=O) groups excluding carboxylic acids is 1. The number of carbonyl (C=O) groups is 1. The molecule has 2 rings (SSSR count). The van der Waals surface area contributed by atoms with E-state index in [0.29, 0.717) is 5.75 Å². The Labute approximate surface area is 124 Å². The summed E-state index contributed by atoms with van der Waals surface area (Å²) in [4.78, 5) is 16.3. The molecule has 0 saturated heterocycles. The lowest BCUT2D eigenvalue weighted by molar-refractivity contribution is -0.142. The van der Waals surface area contributed by atoms with Gasteiger partial charge in [-0.15, -0.1) is 0 Å². The lowest BCUT2D eigenvalue weighted by atomic mass is 10.1. The van der Waals surface area contributed by atoms with E-state index in [1.54, 1.807) is 13.3 Å². The molecule has 0 aromatic heterocycles.